The average Bonchev–Trinajstić information content (AvgIpc) is 2.75. The molecule has 1 saturated carbocycles. The fraction of sp³-hybridized carbons (Fsp3) is 1.00. The van der Waals surface area contributed by atoms with Crippen LogP contribution in [0.5, 0.6) is 0 Å². The molecular weight excluding hydrogens is 228 g/mol. The number of morpholine rings is 1. The topological polar surface area (TPSA) is 44.7 Å². The van der Waals surface area contributed by atoms with E-state index in [1.54, 1.807) is 0 Å². The maximum absolute atomic E-state index is 10.5. The first-order valence-electron chi connectivity index (χ1n) is 7.29. The highest BCUT2D eigenvalue weighted by Crippen LogP contribution is 2.30. The first-order chi connectivity index (χ1) is 8.48. The van der Waals surface area contributed by atoms with E-state index in [0.29, 0.717) is 24.7 Å². The van der Waals surface area contributed by atoms with Gasteiger partial charge in [0, 0.05) is 31.7 Å². The Morgan fingerprint density at radius 3 is 2.94 bits per heavy atom. The molecule has 0 spiro atoms. The van der Waals surface area contributed by atoms with Gasteiger partial charge in [-0.25, -0.2) is 0 Å². The highest BCUT2D eigenvalue weighted by molar-refractivity contribution is 4.92. The largest absolute Gasteiger partial charge is 0.388 e. The van der Waals surface area contributed by atoms with Crippen LogP contribution in [0, 0.1) is 0 Å². The first-order valence-corrected chi connectivity index (χ1v) is 7.29. The van der Waals surface area contributed by atoms with Crippen molar-refractivity contribution in [1.29, 1.82) is 0 Å². The van der Waals surface area contributed by atoms with E-state index < -0.39 is 5.60 Å². The zero-order valence-electron chi connectivity index (χ0n) is 12.0. The highest BCUT2D eigenvalue weighted by Gasteiger charge is 2.38. The molecule has 1 aliphatic heterocycles. The quantitative estimate of drug-likeness (QED) is 0.770. The van der Waals surface area contributed by atoms with Crippen LogP contribution in [0.25, 0.3) is 0 Å². The van der Waals surface area contributed by atoms with E-state index in [4.69, 9.17) is 4.74 Å². The molecule has 2 rings (SSSR count). The molecule has 1 heterocycles. The Balaban J connectivity index is 1.87. The number of rotatable bonds is 5. The van der Waals surface area contributed by atoms with Crippen molar-refractivity contribution in [3.63, 3.8) is 0 Å². The molecule has 3 unspecified atom stereocenters. The van der Waals surface area contributed by atoms with Gasteiger partial charge in [0.1, 0.15) is 0 Å². The molecule has 1 aliphatic carbocycles. The molecule has 4 heteroatoms. The minimum Gasteiger partial charge on any atom is -0.388 e. The van der Waals surface area contributed by atoms with E-state index in [2.05, 4.69) is 24.1 Å². The molecule has 0 radical (unpaired) electrons. The lowest BCUT2D eigenvalue weighted by molar-refractivity contribution is -0.0832. The van der Waals surface area contributed by atoms with E-state index in [-0.39, 0.29) is 0 Å². The van der Waals surface area contributed by atoms with Gasteiger partial charge < -0.3 is 15.2 Å². The Bertz CT molecular complexity index is 269. The van der Waals surface area contributed by atoms with Crippen LogP contribution in [0.1, 0.15) is 40.0 Å². The van der Waals surface area contributed by atoms with Crippen LogP contribution in [0.4, 0.5) is 0 Å². The van der Waals surface area contributed by atoms with Crippen molar-refractivity contribution in [3.05, 3.63) is 0 Å². The summed E-state index contributed by atoms with van der Waals surface area (Å²) in [6, 6.07) is 0.949. The zero-order chi connectivity index (χ0) is 13.2. The molecule has 0 aromatic carbocycles. The second kappa shape index (κ2) is 5.87. The van der Waals surface area contributed by atoms with Crippen LogP contribution >= 0.6 is 0 Å². The van der Waals surface area contributed by atoms with Gasteiger partial charge in [-0.2, -0.15) is 0 Å². The lowest BCUT2D eigenvalue weighted by atomic mass is 10.0. The van der Waals surface area contributed by atoms with E-state index in [1.165, 1.54) is 19.3 Å². The molecule has 0 bridgehead atoms. The van der Waals surface area contributed by atoms with Gasteiger partial charge in [0.15, 0.2) is 0 Å². The molecule has 106 valence electrons. The zero-order valence-corrected chi connectivity index (χ0v) is 12.0. The Morgan fingerprint density at radius 1 is 1.44 bits per heavy atom. The fourth-order valence-corrected chi connectivity index (χ4v) is 3.12. The molecule has 0 aromatic rings. The van der Waals surface area contributed by atoms with Gasteiger partial charge in [-0.15, -0.1) is 0 Å². The van der Waals surface area contributed by atoms with Gasteiger partial charge in [-0.3, -0.25) is 4.90 Å². The third kappa shape index (κ3) is 3.67. The fourth-order valence-electron chi connectivity index (χ4n) is 3.12. The van der Waals surface area contributed by atoms with Crippen LogP contribution in [-0.4, -0.2) is 60.0 Å². The van der Waals surface area contributed by atoms with Gasteiger partial charge in [0.2, 0.25) is 0 Å². The van der Waals surface area contributed by atoms with E-state index in [0.717, 1.165) is 19.7 Å². The Labute approximate surface area is 111 Å². The van der Waals surface area contributed by atoms with Crippen LogP contribution < -0.4 is 5.32 Å². The number of ether oxygens (including phenoxy) is 1. The van der Waals surface area contributed by atoms with Crippen LogP contribution in [0.3, 0.4) is 0 Å². The summed E-state index contributed by atoms with van der Waals surface area (Å²) in [5.41, 5.74) is -0.658. The van der Waals surface area contributed by atoms with Gasteiger partial charge in [0.25, 0.3) is 0 Å². The third-order valence-corrected chi connectivity index (χ3v) is 4.03. The molecule has 2 aliphatic rings. The number of hydrogen-bond acceptors (Lipinski definition) is 4. The first kappa shape index (κ1) is 14.3. The normalized spacial score (nSPS) is 32.5. The molecule has 0 amide bonds. The molecule has 18 heavy (non-hydrogen) atoms. The second-order valence-electron chi connectivity index (χ2n) is 6.41. The van der Waals surface area contributed by atoms with Crippen molar-refractivity contribution in [1.82, 2.24) is 10.2 Å². The monoisotopic (exact) mass is 256 g/mol. The molecule has 3 atom stereocenters. The molecule has 4 nitrogen and oxygen atoms in total. The lowest BCUT2D eigenvalue weighted by Gasteiger charge is -2.41. The van der Waals surface area contributed by atoms with Crippen molar-refractivity contribution in [2.75, 3.05) is 26.2 Å². The number of fused-ring (bicyclic) bond motifs is 1. The minimum absolute atomic E-state index is 0.410. The third-order valence-electron chi connectivity index (χ3n) is 4.03. The highest BCUT2D eigenvalue weighted by atomic mass is 16.5. The maximum Gasteiger partial charge on any atom is 0.0869 e. The van der Waals surface area contributed by atoms with Crippen LogP contribution in [-0.2, 0) is 4.74 Å². The van der Waals surface area contributed by atoms with Crippen LogP contribution in [0.2, 0.25) is 0 Å². The van der Waals surface area contributed by atoms with E-state index in [9.17, 15) is 5.11 Å². The summed E-state index contributed by atoms with van der Waals surface area (Å²) < 4.78 is 5.81. The van der Waals surface area contributed by atoms with Crippen LogP contribution in [0.15, 0.2) is 0 Å². The summed E-state index contributed by atoms with van der Waals surface area (Å²) in [4.78, 5) is 2.43. The lowest BCUT2D eigenvalue weighted by Crippen LogP contribution is -2.56. The van der Waals surface area contributed by atoms with Crippen molar-refractivity contribution in [2.24, 2.45) is 0 Å². The number of aliphatic hydroxyl groups is 1. The van der Waals surface area contributed by atoms with Crippen molar-refractivity contribution >= 4 is 0 Å². The molecular formula is C14H28N2O2. The smallest absolute Gasteiger partial charge is 0.0869 e. The summed E-state index contributed by atoms with van der Waals surface area (Å²) >= 11 is 0. The molecule has 0 aromatic heterocycles. The Hall–Kier alpha value is -0.160. The predicted octanol–water partition coefficient (Wildman–Crippen LogP) is 0.989. The van der Waals surface area contributed by atoms with Gasteiger partial charge >= 0.3 is 0 Å². The SMILES string of the molecule is CC(C)NCC(C)(O)CN1CCOC2CCCC21. The number of hydrogen-bond donors (Lipinski definition) is 2. The van der Waals surface area contributed by atoms with Crippen molar-refractivity contribution in [3.8, 4) is 0 Å². The summed E-state index contributed by atoms with van der Waals surface area (Å²) in [6.07, 6.45) is 4.08. The summed E-state index contributed by atoms with van der Waals surface area (Å²) in [6.45, 7) is 9.32. The number of nitrogens with one attached hydrogen (secondary N) is 1. The summed E-state index contributed by atoms with van der Waals surface area (Å²) in [7, 11) is 0. The summed E-state index contributed by atoms with van der Waals surface area (Å²) in [5, 5.41) is 13.8. The summed E-state index contributed by atoms with van der Waals surface area (Å²) in [5.74, 6) is 0. The molecule has 2 N–H and O–H groups in total. The van der Waals surface area contributed by atoms with Crippen molar-refractivity contribution < 1.29 is 9.84 Å². The Morgan fingerprint density at radius 2 is 2.22 bits per heavy atom. The standard InChI is InChI=1S/C14H28N2O2/c1-11(2)15-9-14(3,17)10-16-7-8-18-13-6-4-5-12(13)16/h11-13,15,17H,4-10H2,1-3H3. The molecule has 2 fully saturated rings. The number of β-amino-alcohol motifs (C(OH)–C–C–N with tert-alkyl or cyclic N) is 1. The minimum atomic E-state index is -0.658. The average molecular weight is 256 g/mol. The van der Waals surface area contributed by atoms with Crippen molar-refractivity contribution in [2.45, 2.75) is 63.8 Å². The van der Waals surface area contributed by atoms with E-state index in [1.807, 2.05) is 6.92 Å². The number of nitrogens with zero attached hydrogens (tertiary/aromatic N) is 1. The van der Waals surface area contributed by atoms with E-state index >= 15 is 0 Å². The van der Waals surface area contributed by atoms with Gasteiger partial charge in [-0.1, -0.05) is 13.8 Å². The van der Waals surface area contributed by atoms with Gasteiger partial charge in [-0.05, 0) is 26.2 Å². The predicted molar refractivity (Wildman–Crippen MR) is 72.7 cm³/mol. The Kier molecular flexibility index (Phi) is 4.64. The van der Waals surface area contributed by atoms with Gasteiger partial charge in [0.05, 0.1) is 18.3 Å². The molecule has 1 saturated heterocycles. The second-order valence-corrected chi connectivity index (χ2v) is 6.41. The maximum atomic E-state index is 10.5.